The zero-order valence-corrected chi connectivity index (χ0v) is 18.2. The molecule has 0 spiro atoms. The van der Waals surface area contributed by atoms with Crippen LogP contribution >= 0.6 is 0 Å². The third-order valence-electron chi connectivity index (χ3n) is 5.78. The van der Waals surface area contributed by atoms with Gasteiger partial charge in [-0.1, -0.05) is 6.07 Å². The summed E-state index contributed by atoms with van der Waals surface area (Å²) in [7, 11) is 3.23. The van der Waals surface area contributed by atoms with Crippen molar-refractivity contribution in [3.05, 3.63) is 59.4 Å². The lowest BCUT2D eigenvalue weighted by molar-refractivity contribution is -0.119. The number of carbonyl (C=O) groups is 1. The van der Waals surface area contributed by atoms with Gasteiger partial charge in [0.2, 0.25) is 6.79 Å². The Hall–Kier alpha value is -3.43. The molecule has 2 unspecified atom stereocenters. The summed E-state index contributed by atoms with van der Waals surface area (Å²) in [4.78, 5) is 13.0. The summed E-state index contributed by atoms with van der Waals surface area (Å²) in [6.07, 6.45) is 3.12. The van der Waals surface area contributed by atoms with Crippen LogP contribution in [0.3, 0.4) is 0 Å². The number of fused-ring (bicyclic) bond motifs is 2. The van der Waals surface area contributed by atoms with Gasteiger partial charge < -0.3 is 30.0 Å². The largest absolute Gasteiger partial charge is 0.497 e. The molecule has 1 amide bonds. The number of methoxy groups -OCH3 is 2. The first-order chi connectivity index (χ1) is 15.5. The van der Waals surface area contributed by atoms with Crippen LogP contribution in [0.4, 0.5) is 5.69 Å². The van der Waals surface area contributed by atoms with Gasteiger partial charge in [-0.2, -0.15) is 0 Å². The zero-order valence-electron chi connectivity index (χ0n) is 18.2. The van der Waals surface area contributed by atoms with Crippen molar-refractivity contribution in [3.8, 4) is 17.2 Å². The predicted octanol–water partition coefficient (Wildman–Crippen LogP) is 1.97. The molecule has 0 fully saturated rings. The lowest BCUT2D eigenvalue weighted by atomic mass is 9.79. The third-order valence-corrected chi connectivity index (χ3v) is 5.78. The number of amides is 1. The van der Waals surface area contributed by atoms with Crippen LogP contribution in [0, 0.1) is 5.92 Å². The van der Waals surface area contributed by atoms with E-state index < -0.39 is 5.91 Å². The van der Waals surface area contributed by atoms with Gasteiger partial charge in [-0.25, -0.2) is 5.84 Å². The van der Waals surface area contributed by atoms with Crippen molar-refractivity contribution in [1.82, 2.24) is 5.32 Å². The van der Waals surface area contributed by atoms with Crippen LogP contribution in [0.15, 0.2) is 48.3 Å². The molecule has 5 N–H and O–H groups in total. The number of carbonyl (C=O) groups excluding carboxylic acids is 1. The maximum Gasteiger partial charge on any atom is 0.269 e. The predicted molar refractivity (Wildman–Crippen MR) is 119 cm³/mol. The van der Waals surface area contributed by atoms with Crippen LogP contribution in [0.5, 0.6) is 17.2 Å². The standard InChI is InChI=1S/C23H28N4O5/c1-29-12-15-7-6-14-8-20-21(32-13-31-20)10-18(14)22(15)26-23(28)19(24)11-27(25)16-4-3-5-17(9-16)30-2/h3-5,8-11,15,22H,6-7,12-13,24-25H2,1-2H3,(H,26,28)/b19-11-. The Morgan fingerprint density at radius 3 is 2.78 bits per heavy atom. The molecule has 32 heavy (non-hydrogen) atoms. The van der Waals surface area contributed by atoms with E-state index in [-0.39, 0.29) is 24.4 Å². The fourth-order valence-corrected chi connectivity index (χ4v) is 4.14. The average Bonchev–Trinajstić information content (AvgIpc) is 3.26. The highest BCUT2D eigenvalue weighted by Crippen LogP contribution is 2.42. The Bertz CT molecular complexity index is 1030. The van der Waals surface area contributed by atoms with Crippen LogP contribution in [0.1, 0.15) is 23.6 Å². The van der Waals surface area contributed by atoms with E-state index in [1.54, 1.807) is 38.5 Å². The molecular weight excluding hydrogens is 412 g/mol. The Balaban J connectivity index is 1.55. The summed E-state index contributed by atoms with van der Waals surface area (Å²) in [5.41, 5.74) is 8.82. The van der Waals surface area contributed by atoms with Gasteiger partial charge in [0.25, 0.3) is 5.91 Å². The number of hydrazine groups is 1. The second-order valence-electron chi connectivity index (χ2n) is 7.80. The number of anilines is 1. The number of nitrogens with zero attached hydrogens (tertiary/aromatic N) is 1. The van der Waals surface area contributed by atoms with E-state index in [4.69, 9.17) is 30.5 Å². The van der Waals surface area contributed by atoms with E-state index in [9.17, 15) is 4.79 Å². The molecule has 0 aromatic heterocycles. The molecule has 4 rings (SSSR count). The van der Waals surface area contributed by atoms with Crippen molar-refractivity contribution >= 4 is 11.6 Å². The van der Waals surface area contributed by atoms with Gasteiger partial charge >= 0.3 is 0 Å². The molecule has 9 heteroatoms. The highest BCUT2D eigenvalue weighted by Gasteiger charge is 2.33. The van der Waals surface area contributed by atoms with Gasteiger partial charge in [0, 0.05) is 25.3 Å². The minimum Gasteiger partial charge on any atom is -0.497 e. The second kappa shape index (κ2) is 9.37. The molecule has 0 saturated heterocycles. The van der Waals surface area contributed by atoms with Gasteiger partial charge in [0.1, 0.15) is 11.4 Å². The number of benzene rings is 2. The summed E-state index contributed by atoms with van der Waals surface area (Å²) in [6.45, 7) is 0.707. The van der Waals surface area contributed by atoms with Gasteiger partial charge in [0.05, 0.1) is 25.4 Å². The fraction of sp³-hybridized carbons (Fsp3) is 0.348. The highest BCUT2D eigenvalue weighted by atomic mass is 16.7. The smallest absolute Gasteiger partial charge is 0.269 e. The number of nitrogens with one attached hydrogen (secondary N) is 1. The minimum absolute atomic E-state index is 0.0145. The van der Waals surface area contributed by atoms with Crippen molar-refractivity contribution in [1.29, 1.82) is 0 Å². The number of aryl methyl sites for hydroxylation is 1. The SMILES string of the molecule is COCC1CCc2cc3c(cc2C1NC(=O)/C(N)=C/N(N)c1cccc(OC)c1)OCO3. The molecule has 0 radical (unpaired) electrons. The lowest BCUT2D eigenvalue weighted by Gasteiger charge is -2.34. The number of ether oxygens (including phenoxy) is 4. The topological polar surface area (TPSA) is 121 Å². The summed E-state index contributed by atoms with van der Waals surface area (Å²) < 4.78 is 21.7. The summed E-state index contributed by atoms with van der Waals surface area (Å²) in [5, 5.41) is 4.35. The fourth-order valence-electron chi connectivity index (χ4n) is 4.14. The first-order valence-electron chi connectivity index (χ1n) is 10.4. The van der Waals surface area contributed by atoms with E-state index in [2.05, 4.69) is 5.32 Å². The molecule has 2 atom stereocenters. The quantitative estimate of drug-likeness (QED) is 0.339. The van der Waals surface area contributed by atoms with E-state index in [0.29, 0.717) is 23.8 Å². The Morgan fingerprint density at radius 1 is 1.25 bits per heavy atom. The molecule has 2 aromatic carbocycles. The Morgan fingerprint density at radius 2 is 2.03 bits per heavy atom. The molecule has 170 valence electrons. The first-order valence-corrected chi connectivity index (χ1v) is 10.4. The third kappa shape index (κ3) is 4.44. The maximum absolute atomic E-state index is 13.0. The molecule has 1 aliphatic heterocycles. The number of nitrogens with two attached hydrogens (primary N) is 2. The van der Waals surface area contributed by atoms with Gasteiger partial charge in [-0.05, 0) is 48.2 Å². The molecule has 9 nitrogen and oxygen atoms in total. The van der Waals surface area contributed by atoms with Crippen molar-refractivity contribution in [2.75, 3.05) is 32.6 Å². The highest BCUT2D eigenvalue weighted by molar-refractivity contribution is 5.93. The van der Waals surface area contributed by atoms with Crippen LogP contribution in [0.25, 0.3) is 0 Å². The molecule has 1 aliphatic carbocycles. The zero-order chi connectivity index (χ0) is 22.7. The van der Waals surface area contributed by atoms with Crippen LogP contribution in [-0.4, -0.2) is 33.5 Å². The van der Waals surface area contributed by atoms with Crippen molar-refractivity contribution < 1.29 is 23.7 Å². The molecule has 1 heterocycles. The number of rotatable bonds is 7. The van der Waals surface area contributed by atoms with E-state index in [0.717, 1.165) is 29.7 Å². The Kier molecular flexibility index (Phi) is 6.38. The van der Waals surface area contributed by atoms with Gasteiger partial charge in [-0.3, -0.25) is 9.80 Å². The van der Waals surface area contributed by atoms with Crippen LogP contribution in [-0.2, 0) is 16.0 Å². The first kappa shape index (κ1) is 21.8. The molecule has 0 bridgehead atoms. The van der Waals surface area contributed by atoms with E-state index in [1.165, 1.54) is 11.2 Å². The summed E-state index contributed by atoms with van der Waals surface area (Å²) >= 11 is 0. The van der Waals surface area contributed by atoms with Crippen molar-refractivity contribution in [3.63, 3.8) is 0 Å². The Labute approximate surface area is 186 Å². The number of hydrogen-bond acceptors (Lipinski definition) is 8. The molecule has 2 aromatic rings. The second-order valence-corrected chi connectivity index (χ2v) is 7.80. The van der Waals surface area contributed by atoms with Crippen molar-refractivity contribution in [2.24, 2.45) is 17.5 Å². The number of hydrogen-bond donors (Lipinski definition) is 3. The van der Waals surface area contributed by atoms with Crippen molar-refractivity contribution in [2.45, 2.75) is 18.9 Å². The minimum atomic E-state index is -0.417. The molecule has 2 aliphatic rings. The van der Waals surface area contributed by atoms with E-state index in [1.807, 2.05) is 12.1 Å². The van der Waals surface area contributed by atoms with Crippen LogP contribution < -0.4 is 36.1 Å². The monoisotopic (exact) mass is 440 g/mol. The van der Waals surface area contributed by atoms with E-state index >= 15 is 0 Å². The maximum atomic E-state index is 13.0. The average molecular weight is 441 g/mol. The van der Waals surface area contributed by atoms with Gasteiger partial charge in [0.15, 0.2) is 11.5 Å². The van der Waals surface area contributed by atoms with Gasteiger partial charge in [-0.15, -0.1) is 0 Å². The normalized spacial score (nSPS) is 19.3. The summed E-state index contributed by atoms with van der Waals surface area (Å²) in [5.74, 6) is 7.83. The van der Waals surface area contributed by atoms with Crippen LogP contribution in [0.2, 0.25) is 0 Å². The molecular formula is C23H28N4O5. The lowest BCUT2D eigenvalue weighted by Crippen LogP contribution is -2.40. The summed E-state index contributed by atoms with van der Waals surface area (Å²) in [6, 6.07) is 10.8. The molecule has 0 saturated carbocycles.